The molecule has 0 aromatic carbocycles. The first-order chi connectivity index (χ1) is 6.83. The highest BCUT2D eigenvalue weighted by molar-refractivity contribution is 4.76. The lowest BCUT2D eigenvalue weighted by atomic mass is 10.2. The van der Waals surface area contributed by atoms with E-state index in [0.717, 1.165) is 25.9 Å². The molecule has 0 unspecified atom stereocenters. The van der Waals surface area contributed by atoms with Gasteiger partial charge in [-0.15, -0.1) is 0 Å². The van der Waals surface area contributed by atoms with Crippen LogP contribution in [0.2, 0.25) is 0 Å². The van der Waals surface area contributed by atoms with Gasteiger partial charge in [-0.2, -0.15) is 0 Å². The first-order valence-electron chi connectivity index (χ1n) is 5.60. The molecule has 1 aliphatic carbocycles. The molecule has 0 bridgehead atoms. The van der Waals surface area contributed by atoms with Crippen molar-refractivity contribution in [1.29, 1.82) is 0 Å². The number of ether oxygens (including phenoxy) is 3. The van der Waals surface area contributed by atoms with Crippen LogP contribution in [0.4, 0.5) is 0 Å². The van der Waals surface area contributed by atoms with Crippen molar-refractivity contribution in [3.05, 3.63) is 0 Å². The number of hydrogen-bond donors (Lipinski definition) is 0. The van der Waals surface area contributed by atoms with Crippen LogP contribution in [0.5, 0.6) is 0 Å². The molecule has 3 heteroatoms. The monoisotopic (exact) mass is 202 g/mol. The van der Waals surface area contributed by atoms with Gasteiger partial charge >= 0.3 is 0 Å². The first-order valence-corrected chi connectivity index (χ1v) is 5.60. The van der Waals surface area contributed by atoms with Crippen LogP contribution in [0.1, 0.15) is 39.0 Å². The third-order valence-corrected chi connectivity index (χ3v) is 2.68. The lowest BCUT2D eigenvalue weighted by molar-refractivity contribution is -0.222. The van der Waals surface area contributed by atoms with E-state index in [0.29, 0.717) is 13.2 Å². The maximum Gasteiger partial charge on any atom is 0.168 e. The maximum atomic E-state index is 5.74. The predicted molar refractivity (Wildman–Crippen MR) is 55.3 cm³/mol. The molecule has 3 nitrogen and oxygen atoms in total. The van der Waals surface area contributed by atoms with Gasteiger partial charge in [0.2, 0.25) is 0 Å². The van der Waals surface area contributed by atoms with Crippen molar-refractivity contribution in [3.63, 3.8) is 0 Å². The van der Waals surface area contributed by atoms with Crippen LogP contribution >= 0.6 is 0 Å². The zero-order valence-electron chi connectivity index (χ0n) is 9.38. The van der Waals surface area contributed by atoms with Crippen molar-refractivity contribution in [2.24, 2.45) is 0 Å². The van der Waals surface area contributed by atoms with E-state index in [1.807, 2.05) is 0 Å². The molecule has 84 valence electrons. The highest BCUT2D eigenvalue weighted by Gasteiger charge is 2.34. The molecule has 0 radical (unpaired) electrons. The van der Waals surface area contributed by atoms with Crippen molar-refractivity contribution >= 4 is 0 Å². The minimum Gasteiger partial charge on any atom is -0.379 e. The van der Waals surface area contributed by atoms with Crippen molar-refractivity contribution < 1.29 is 14.2 Å². The van der Waals surface area contributed by atoms with Gasteiger partial charge in [-0.25, -0.2) is 0 Å². The molecule has 0 N–H and O–H groups in total. The van der Waals surface area contributed by atoms with Gasteiger partial charge < -0.3 is 14.2 Å². The molecule has 1 saturated carbocycles. The topological polar surface area (TPSA) is 27.7 Å². The van der Waals surface area contributed by atoms with Crippen LogP contribution in [0, 0.1) is 0 Å². The summed E-state index contributed by atoms with van der Waals surface area (Å²) in [7, 11) is 1.73. The quantitative estimate of drug-likeness (QED) is 0.468. The average Bonchev–Trinajstić information content (AvgIpc) is 2.67. The van der Waals surface area contributed by atoms with Gasteiger partial charge in [-0.1, -0.05) is 6.92 Å². The maximum absolute atomic E-state index is 5.74. The molecular formula is C11H22O3. The summed E-state index contributed by atoms with van der Waals surface area (Å²) in [6.45, 7) is 4.25. The summed E-state index contributed by atoms with van der Waals surface area (Å²) in [6, 6.07) is 0. The van der Waals surface area contributed by atoms with Gasteiger partial charge in [0.15, 0.2) is 5.79 Å². The summed E-state index contributed by atoms with van der Waals surface area (Å²) in [6.07, 6.45) is 5.54. The van der Waals surface area contributed by atoms with Crippen LogP contribution in [-0.2, 0) is 14.2 Å². The van der Waals surface area contributed by atoms with Gasteiger partial charge in [0, 0.05) is 26.6 Å². The van der Waals surface area contributed by atoms with E-state index >= 15 is 0 Å². The van der Waals surface area contributed by atoms with Gasteiger partial charge in [-0.05, 0) is 19.3 Å². The van der Waals surface area contributed by atoms with Gasteiger partial charge in [0.05, 0.1) is 13.2 Å². The summed E-state index contributed by atoms with van der Waals surface area (Å²) in [5, 5.41) is 0. The Morgan fingerprint density at radius 3 is 2.36 bits per heavy atom. The number of hydrogen-bond acceptors (Lipinski definition) is 3. The lowest BCUT2D eigenvalue weighted by Crippen LogP contribution is -2.32. The minimum atomic E-state index is -0.296. The van der Waals surface area contributed by atoms with Gasteiger partial charge in [0.25, 0.3) is 0 Å². The standard InChI is InChI=1S/C11H22O3/c1-3-8-13-9-10-14-11(12-2)6-4-5-7-11/h3-10H2,1-2H3. The van der Waals surface area contributed by atoms with Crippen LogP contribution in [-0.4, -0.2) is 32.7 Å². The molecule has 0 spiro atoms. The largest absolute Gasteiger partial charge is 0.379 e. The zero-order chi connectivity index (χ0) is 10.3. The van der Waals surface area contributed by atoms with Crippen LogP contribution < -0.4 is 0 Å². The third kappa shape index (κ3) is 3.56. The highest BCUT2D eigenvalue weighted by Crippen LogP contribution is 2.33. The third-order valence-electron chi connectivity index (χ3n) is 2.68. The Morgan fingerprint density at radius 1 is 1.07 bits per heavy atom. The summed E-state index contributed by atoms with van der Waals surface area (Å²) in [4.78, 5) is 0. The van der Waals surface area contributed by atoms with Crippen LogP contribution in [0.15, 0.2) is 0 Å². The Hall–Kier alpha value is -0.120. The second-order valence-electron chi connectivity index (χ2n) is 3.78. The van der Waals surface area contributed by atoms with E-state index in [1.165, 1.54) is 12.8 Å². The summed E-state index contributed by atoms with van der Waals surface area (Å²) in [5.74, 6) is -0.296. The summed E-state index contributed by atoms with van der Waals surface area (Å²) in [5.41, 5.74) is 0. The molecule has 0 aliphatic heterocycles. The molecule has 0 saturated heterocycles. The number of methoxy groups -OCH3 is 1. The molecule has 0 amide bonds. The molecule has 0 aromatic heterocycles. The Balaban J connectivity index is 2.08. The second kappa shape index (κ2) is 6.38. The molecule has 1 rings (SSSR count). The smallest absolute Gasteiger partial charge is 0.168 e. The Bertz CT molecular complexity index is 141. The molecule has 0 atom stereocenters. The van der Waals surface area contributed by atoms with Crippen molar-refractivity contribution in [3.8, 4) is 0 Å². The molecule has 0 heterocycles. The van der Waals surface area contributed by atoms with E-state index in [2.05, 4.69) is 6.92 Å². The molecule has 14 heavy (non-hydrogen) atoms. The first kappa shape index (κ1) is 12.0. The van der Waals surface area contributed by atoms with Crippen LogP contribution in [0.3, 0.4) is 0 Å². The summed E-state index contributed by atoms with van der Waals surface area (Å²) < 4.78 is 16.5. The van der Waals surface area contributed by atoms with E-state index in [9.17, 15) is 0 Å². The normalized spacial score (nSPS) is 20.1. The summed E-state index contributed by atoms with van der Waals surface area (Å²) >= 11 is 0. The zero-order valence-corrected chi connectivity index (χ0v) is 9.38. The Kier molecular flexibility index (Phi) is 5.45. The molecule has 0 aromatic rings. The fraction of sp³-hybridized carbons (Fsp3) is 1.00. The van der Waals surface area contributed by atoms with Gasteiger partial charge in [-0.3, -0.25) is 0 Å². The fourth-order valence-corrected chi connectivity index (χ4v) is 1.85. The predicted octanol–water partition coefficient (Wildman–Crippen LogP) is 2.35. The van der Waals surface area contributed by atoms with Crippen molar-refractivity contribution in [1.82, 2.24) is 0 Å². The SMILES string of the molecule is CCCOCCOC1(OC)CCCC1. The van der Waals surface area contributed by atoms with E-state index in [-0.39, 0.29) is 5.79 Å². The van der Waals surface area contributed by atoms with Crippen molar-refractivity contribution in [2.45, 2.75) is 44.8 Å². The second-order valence-corrected chi connectivity index (χ2v) is 3.78. The number of rotatable bonds is 7. The van der Waals surface area contributed by atoms with E-state index < -0.39 is 0 Å². The Morgan fingerprint density at radius 2 is 1.79 bits per heavy atom. The lowest BCUT2D eigenvalue weighted by Gasteiger charge is -2.27. The van der Waals surface area contributed by atoms with Crippen molar-refractivity contribution in [2.75, 3.05) is 26.9 Å². The van der Waals surface area contributed by atoms with E-state index in [4.69, 9.17) is 14.2 Å². The van der Waals surface area contributed by atoms with Gasteiger partial charge in [0.1, 0.15) is 0 Å². The van der Waals surface area contributed by atoms with Crippen LogP contribution in [0.25, 0.3) is 0 Å². The fourth-order valence-electron chi connectivity index (χ4n) is 1.85. The minimum absolute atomic E-state index is 0.296. The molecule has 1 aliphatic rings. The highest BCUT2D eigenvalue weighted by atomic mass is 16.7. The molecule has 1 fully saturated rings. The Labute approximate surface area is 86.7 Å². The molecular weight excluding hydrogens is 180 g/mol. The van der Waals surface area contributed by atoms with E-state index in [1.54, 1.807) is 7.11 Å². The average molecular weight is 202 g/mol.